The number of methoxy groups -OCH3 is 2. The van der Waals surface area contributed by atoms with E-state index in [-0.39, 0.29) is 5.91 Å². The number of likely N-dealkylation sites (N-methyl/N-ethyl adjacent to an activating group) is 1. The second kappa shape index (κ2) is 9.42. The molecular weight excluding hydrogens is 471 g/mol. The lowest BCUT2D eigenvalue weighted by Crippen LogP contribution is -2.45. The van der Waals surface area contributed by atoms with E-state index < -0.39 is 0 Å². The largest absolute Gasteiger partial charge is 0.493 e. The van der Waals surface area contributed by atoms with E-state index in [0.29, 0.717) is 23.6 Å². The van der Waals surface area contributed by atoms with Gasteiger partial charge in [0.05, 0.1) is 19.8 Å². The van der Waals surface area contributed by atoms with Gasteiger partial charge in [-0.1, -0.05) is 6.07 Å². The Bertz CT molecular complexity index is 838. The molecule has 0 saturated carbocycles. The number of nitrogens with one attached hydrogen (secondary N) is 1. The molecule has 1 fully saturated rings. The Labute approximate surface area is 179 Å². The van der Waals surface area contributed by atoms with Gasteiger partial charge in [0.1, 0.15) is 5.82 Å². The van der Waals surface area contributed by atoms with Gasteiger partial charge in [-0.15, -0.1) is 0 Å². The fourth-order valence-corrected chi connectivity index (χ4v) is 3.85. The van der Waals surface area contributed by atoms with Crippen LogP contribution in [0.1, 0.15) is 15.9 Å². The number of aromatic nitrogens is 1. The van der Waals surface area contributed by atoms with E-state index >= 15 is 0 Å². The van der Waals surface area contributed by atoms with E-state index in [1.165, 1.54) is 0 Å². The average Bonchev–Trinajstić information content (AvgIpc) is 2.72. The number of halogens is 1. The Kier molecular flexibility index (Phi) is 6.95. The lowest BCUT2D eigenvalue weighted by atomic mass is 10.1. The van der Waals surface area contributed by atoms with Crippen LogP contribution in [-0.2, 0) is 6.54 Å². The van der Waals surface area contributed by atoms with Crippen LogP contribution >= 0.6 is 22.6 Å². The molecule has 1 saturated heterocycles. The first-order valence-electron chi connectivity index (χ1n) is 9.10. The summed E-state index contributed by atoms with van der Waals surface area (Å²) in [5, 5.41) is 3.02. The summed E-state index contributed by atoms with van der Waals surface area (Å²) in [4.78, 5) is 21.9. The van der Waals surface area contributed by atoms with Crippen LogP contribution in [0.15, 0.2) is 30.5 Å². The topological polar surface area (TPSA) is 66.9 Å². The standard InChI is InChI=1S/C20H25IN4O3/c1-24-7-9-25(10-8-24)19-14(5-4-6-22-19)13-23-20(26)15-11-17(27-2)18(28-3)12-16(15)21/h4-6,11-12H,7-10,13H2,1-3H3,(H,23,26). The van der Waals surface area contributed by atoms with Crippen LogP contribution in [0.5, 0.6) is 11.5 Å². The summed E-state index contributed by atoms with van der Waals surface area (Å²) in [5.74, 6) is 1.93. The van der Waals surface area contributed by atoms with Crippen molar-refractivity contribution in [2.45, 2.75) is 6.54 Å². The second-order valence-corrected chi connectivity index (χ2v) is 7.81. The molecule has 1 aromatic carbocycles. The molecule has 8 heteroatoms. The third-order valence-corrected chi connectivity index (χ3v) is 5.72. The molecule has 28 heavy (non-hydrogen) atoms. The molecule has 1 N–H and O–H groups in total. The summed E-state index contributed by atoms with van der Waals surface area (Å²) >= 11 is 2.13. The minimum Gasteiger partial charge on any atom is -0.493 e. The highest BCUT2D eigenvalue weighted by atomic mass is 127. The first kappa shape index (κ1) is 20.7. The van der Waals surface area contributed by atoms with Crippen molar-refractivity contribution in [2.24, 2.45) is 0 Å². The normalized spacial score (nSPS) is 14.6. The monoisotopic (exact) mass is 496 g/mol. The van der Waals surface area contributed by atoms with Gasteiger partial charge in [0.2, 0.25) is 0 Å². The first-order chi connectivity index (χ1) is 13.5. The Morgan fingerprint density at radius 3 is 2.54 bits per heavy atom. The number of carbonyl (C=O) groups is 1. The van der Waals surface area contributed by atoms with E-state index in [0.717, 1.165) is 41.1 Å². The third-order valence-electron chi connectivity index (χ3n) is 4.83. The van der Waals surface area contributed by atoms with Gasteiger partial charge in [0, 0.05) is 48.1 Å². The molecule has 0 radical (unpaired) electrons. The lowest BCUT2D eigenvalue weighted by Gasteiger charge is -2.34. The average molecular weight is 496 g/mol. The zero-order chi connectivity index (χ0) is 20.1. The zero-order valence-electron chi connectivity index (χ0n) is 16.4. The summed E-state index contributed by atoms with van der Waals surface area (Å²) in [6.45, 7) is 4.29. The molecule has 0 atom stereocenters. The highest BCUT2D eigenvalue weighted by molar-refractivity contribution is 14.1. The van der Waals surface area contributed by atoms with Gasteiger partial charge in [-0.05, 0) is 47.8 Å². The Hall–Kier alpha value is -2.07. The molecule has 0 bridgehead atoms. The summed E-state index contributed by atoms with van der Waals surface area (Å²) in [5.41, 5.74) is 1.57. The van der Waals surface area contributed by atoms with Crippen LogP contribution < -0.4 is 19.7 Å². The van der Waals surface area contributed by atoms with Gasteiger partial charge >= 0.3 is 0 Å². The number of benzene rings is 1. The molecule has 2 aromatic rings. The highest BCUT2D eigenvalue weighted by Gasteiger charge is 2.19. The molecule has 1 aliphatic heterocycles. The molecule has 3 rings (SSSR count). The number of anilines is 1. The van der Waals surface area contributed by atoms with Gasteiger partial charge in [0.15, 0.2) is 11.5 Å². The zero-order valence-corrected chi connectivity index (χ0v) is 18.5. The predicted octanol–water partition coefficient (Wildman–Crippen LogP) is 2.39. The minimum atomic E-state index is -0.154. The van der Waals surface area contributed by atoms with E-state index in [9.17, 15) is 4.79 Å². The van der Waals surface area contributed by atoms with Crippen LogP contribution in [0.3, 0.4) is 0 Å². The van der Waals surface area contributed by atoms with Crippen molar-refractivity contribution in [1.82, 2.24) is 15.2 Å². The first-order valence-corrected chi connectivity index (χ1v) is 10.2. The molecule has 0 unspecified atom stereocenters. The van der Waals surface area contributed by atoms with Crippen LogP contribution in [0.2, 0.25) is 0 Å². The van der Waals surface area contributed by atoms with Crippen molar-refractivity contribution < 1.29 is 14.3 Å². The molecule has 7 nitrogen and oxygen atoms in total. The number of piperazine rings is 1. The van der Waals surface area contributed by atoms with Crippen molar-refractivity contribution in [2.75, 3.05) is 52.3 Å². The van der Waals surface area contributed by atoms with E-state index in [4.69, 9.17) is 9.47 Å². The van der Waals surface area contributed by atoms with Crippen molar-refractivity contribution in [3.05, 3.63) is 45.2 Å². The van der Waals surface area contributed by atoms with E-state index in [2.05, 4.69) is 49.7 Å². The van der Waals surface area contributed by atoms with Gasteiger partial charge in [-0.3, -0.25) is 4.79 Å². The molecule has 0 aliphatic carbocycles. The molecular formula is C20H25IN4O3. The number of pyridine rings is 1. The summed E-state index contributed by atoms with van der Waals surface area (Å²) in [6.07, 6.45) is 1.80. The predicted molar refractivity (Wildman–Crippen MR) is 117 cm³/mol. The second-order valence-electron chi connectivity index (χ2n) is 6.65. The number of amides is 1. The molecule has 2 heterocycles. The van der Waals surface area contributed by atoms with Gasteiger partial charge in [-0.25, -0.2) is 4.98 Å². The quantitative estimate of drug-likeness (QED) is 0.620. The van der Waals surface area contributed by atoms with E-state index in [1.54, 1.807) is 32.5 Å². The Morgan fingerprint density at radius 1 is 1.18 bits per heavy atom. The minimum absolute atomic E-state index is 0.154. The maximum absolute atomic E-state index is 12.8. The Morgan fingerprint density at radius 2 is 1.86 bits per heavy atom. The molecule has 1 amide bonds. The number of rotatable bonds is 6. The smallest absolute Gasteiger partial charge is 0.252 e. The number of ether oxygens (including phenoxy) is 2. The fourth-order valence-electron chi connectivity index (χ4n) is 3.17. The van der Waals surface area contributed by atoms with Gasteiger partial charge < -0.3 is 24.6 Å². The van der Waals surface area contributed by atoms with Crippen LogP contribution in [-0.4, -0.2) is 63.2 Å². The highest BCUT2D eigenvalue weighted by Crippen LogP contribution is 2.31. The number of nitrogens with zero attached hydrogens (tertiary/aromatic N) is 3. The van der Waals surface area contributed by atoms with Crippen LogP contribution in [0.25, 0.3) is 0 Å². The summed E-state index contributed by atoms with van der Waals surface area (Å²) in [7, 11) is 5.27. The maximum atomic E-state index is 12.8. The Balaban J connectivity index is 1.74. The van der Waals surface area contributed by atoms with Gasteiger partial charge in [-0.2, -0.15) is 0 Å². The van der Waals surface area contributed by atoms with E-state index in [1.807, 2.05) is 12.1 Å². The van der Waals surface area contributed by atoms with Crippen molar-refractivity contribution in [1.29, 1.82) is 0 Å². The third kappa shape index (κ3) is 4.67. The maximum Gasteiger partial charge on any atom is 0.252 e. The number of hydrogen-bond acceptors (Lipinski definition) is 6. The summed E-state index contributed by atoms with van der Waals surface area (Å²) < 4.78 is 11.4. The summed E-state index contributed by atoms with van der Waals surface area (Å²) in [6, 6.07) is 7.43. The fraction of sp³-hybridized carbons (Fsp3) is 0.400. The van der Waals surface area contributed by atoms with Gasteiger partial charge in [0.25, 0.3) is 5.91 Å². The van der Waals surface area contributed by atoms with Crippen molar-refractivity contribution >= 4 is 34.3 Å². The lowest BCUT2D eigenvalue weighted by molar-refractivity contribution is 0.0949. The molecule has 1 aliphatic rings. The SMILES string of the molecule is COc1cc(I)c(C(=O)NCc2cccnc2N2CCN(C)CC2)cc1OC. The molecule has 0 spiro atoms. The van der Waals surface area contributed by atoms with Crippen molar-refractivity contribution in [3.8, 4) is 11.5 Å². The molecule has 150 valence electrons. The van der Waals surface area contributed by atoms with Crippen LogP contribution in [0.4, 0.5) is 5.82 Å². The van der Waals surface area contributed by atoms with Crippen molar-refractivity contribution in [3.63, 3.8) is 0 Å². The number of carbonyl (C=O) groups excluding carboxylic acids is 1. The van der Waals surface area contributed by atoms with Crippen LogP contribution in [0, 0.1) is 3.57 Å². The molecule has 1 aromatic heterocycles. The number of hydrogen-bond donors (Lipinski definition) is 1.